The van der Waals surface area contributed by atoms with Gasteiger partial charge >= 0.3 is 6.03 Å². The number of urea groups is 1. The van der Waals surface area contributed by atoms with Gasteiger partial charge in [-0.2, -0.15) is 0 Å². The largest absolute Gasteiger partial charge is 0.490 e. The fourth-order valence-corrected chi connectivity index (χ4v) is 3.50. The van der Waals surface area contributed by atoms with Gasteiger partial charge in [-0.05, 0) is 38.1 Å². The van der Waals surface area contributed by atoms with Gasteiger partial charge in [-0.3, -0.25) is 10.3 Å². The van der Waals surface area contributed by atoms with E-state index in [1.807, 2.05) is 34.6 Å². The summed E-state index contributed by atoms with van der Waals surface area (Å²) in [6, 6.07) is 10.4. The van der Waals surface area contributed by atoms with Crippen molar-refractivity contribution in [2.75, 3.05) is 23.8 Å². The topological polar surface area (TPSA) is 108 Å². The van der Waals surface area contributed by atoms with Gasteiger partial charge in [-0.15, -0.1) is 0 Å². The summed E-state index contributed by atoms with van der Waals surface area (Å²) in [6.45, 7) is 10.6. The molecule has 0 unspecified atom stereocenters. The van der Waals surface area contributed by atoms with E-state index >= 15 is 0 Å². The quantitative estimate of drug-likeness (QED) is 0.267. The number of aromatic nitrogens is 2. The highest BCUT2D eigenvalue weighted by atomic mass is 19.1. The van der Waals surface area contributed by atoms with Gasteiger partial charge in [0.05, 0.1) is 18.7 Å². The third kappa shape index (κ3) is 6.08. The van der Waals surface area contributed by atoms with Crippen LogP contribution in [0.25, 0.3) is 10.9 Å². The number of nitrogens with one attached hydrogen (secondary N) is 2. The molecule has 0 radical (unpaired) electrons. The van der Waals surface area contributed by atoms with Crippen LogP contribution in [0.15, 0.2) is 53.2 Å². The summed E-state index contributed by atoms with van der Waals surface area (Å²) in [5.41, 5.74) is 0.599. The smallest absolute Gasteiger partial charge is 0.324 e. The van der Waals surface area contributed by atoms with E-state index < -0.39 is 11.8 Å². The minimum atomic E-state index is -0.657. The Labute approximate surface area is 213 Å². The van der Waals surface area contributed by atoms with Crippen molar-refractivity contribution in [3.63, 3.8) is 0 Å². The normalized spacial score (nSPS) is 11.3. The van der Waals surface area contributed by atoms with Crippen molar-refractivity contribution in [1.29, 1.82) is 0 Å². The van der Waals surface area contributed by atoms with E-state index in [1.54, 1.807) is 30.5 Å². The zero-order valence-electron chi connectivity index (χ0n) is 21.3. The highest BCUT2D eigenvalue weighted by molar-refractivity contribution is 5.99. The lowest BCUT2D eigenvalue weighted by atomic mass is 9.93. The summed E-state index contributed by atoms with van der Waals surface area (Å²) in [7, 11) is 0. The van der Waals surface area contributed by atoms with Gasteiger partial charge in [-0.1, -0.05) is 25.9 Å². The van der Waals surface area contributed by atoms with Crippen LogP contribution in [0.2, 0.25) is 0 Å². The van der Waals surface area contributed by atoms with Crippen molar-refractivity contribution in [3.8, 4) is 23.0 Å². The fraction of sp³-hybridized carbons (Fsp3) is 0.296. The molecule has 0 saturated carbocycles. The molecule has 2 N–H and O–H groups in total. The standard InChI is InChI=1S/C27H29FN4O5/c1-6-34-22-13-17-19(14-23(22)35-7-2)29-11-10-20(17)36-21-9-8-16(12-18(21)28)30-26(33)31-25-15-24(37-32-25)27(3,4)5/h8-15H,6-7H2,1-5H3,(H2,30,31,32,33). The van der Waals surface area contributed by atoms with E-state index in [0.29, 0.717) is 47.1 Å². The molecule has 4 aromatic rings. The van der Waals surface area contributed by atoms with Gasteiger partial charge < -0.3 is 24.1 Å². The molecule has 37 heavy (non-hydrogen) atoms. The highest BCUT2D eigenvalue weighted by Gasteiger charge is 2.20. The monoisotopic (exact) mass is 508 g/mol. The van der Waals surface area contributed by atoms with E-state index in [4.69, 9.17) is 18.7 Å². The van der Waals surface area contributed by atoms with Crippen LogP contribution in [0, 0.1) is 5.82 Å². The molecule has 0 spiro atoms. The number of hydrogen-bond donors (Lipinski definition) is 2. The molecule has 2 aromatic carbocycles. The third-order valence-corrected chi connectivity index (χ3v) is 5.27. The molecule has 2 aromatic heterocycles. The number of hydrogen-bond acceptors (Lipinski definition) is 7. The van der Waals surface area contributed by atoms with E-state index in [0.717, 1.165) is 0 Å². The Kier molecular flexibility index (Phi) is 7.47. The molecule has 4 rings (SSSR count). The summed E-state index contributed by atoms with van der Waals surface area (Å²) in [6.07, 6.45) is 1.57. The second kappa shape index (κ2) is 10.7. The maximum atomic E-state index is 14.9. The van der Waals surface area contributed by atoms with Crippen LogP contribution in [0.4, 0.5) is 20.7 Å². The van der Waals surface area contributed by atoms with Crippen LogP contribution in [0.5, 0.6) is 23.0 Å². The van der Waals surface area contributed by atoms with Crippen molar-refractivity contribution in [2.45, 2.75) is 40.0 Å². The van der Waals surface area contributed by atoms with Crippen LogP contribution in [0.3, 0.4) is 0 Å². The highest BCUT2D eigenvalue weighted by Crippen LogP contribution is 2.38. The average Bonchev–Trinajstić information content (AvgIpc) is 3.31. The van der Waals surface area contributed by atoms with Gasteiger partial charge in [0.2, 0.25) is 0 Å². The number of rotatable bonds is 8. The lowest BCUT2D eigenvalue weighted by Crippen LogP contribution is -2.19. The number of halogens is 1. The van der Waals surface area contributed by atoms with Crippen LogP contribution in [-0.4, -0.2) is 29.4 Å². The number of pyridine rings is 1. The Morgan fingerprint density at radius 1 is 0.946 bits per heavy atom. The molecule has 0 saturated heterocycles. The number of amides is 2. The second-order valence-electron chi connectivity index (χ2n) is 9.14. The van der Waals surface area contributed by atoms with Crippen molar-refractivity contribution in [3.05, 3.63) is 60.2 Å². The Bertz CT molecular complexity index is 1410. The summed E-state index contributed by atoms with van der Waals surface area (Å²) < 4.78 is 37.4. The number of nitrogens with zero attached hydrogens (tertiary/aromatic N) is 2. The van der Waals surface area contributed by atoms with Gasteiger partial charge in [0.15, 0.2) is 28.9 Å². The number of ether oxygens (including phenoxy) is 3. The minimum Gasteiger partial charge on any atom is -0.490 e. The Hall–Kier alpha value is -4.34. The second-order valence-corrected chi connectivity index (χ2v) is 9.14. The third-order valence-electron chi connectivity index (χ3n) is 5.27. The molecule has 194 valence electrons. The SMILES string of the molecule is CCOc1cc2nccc(Oc3ccc(NC(=O)Nc4cc(C(C)(C)C)on4)cc3F)c2cc1OCC. The molecule has 2 amide bonds. The molecule has 0 aliphatic rings. The van der Waals surface area contributed by atoms with E-state index in [1.165, 1.54) is 18.2 Å². The molecule has 0 aliphatic heterocycles. The predicted octanol–water partition coefficient (Wildman–Crippen LogP) is 6.89. The van der Waals surface area contributed by atoms with Crippen LogP contribution >= 0.6 is 0 Å². The molecule has 0 bridgehead atoms. The van der Waals surface area contributed by atoms with Gasteiger partial charge in [-0.25, -0.2) is 9.18 Å². The molecule has 0 aliphatic carbocycles. The van der Waals surface area contributed by atoms with Gasteiger partial charge in [0.1, 0.15) is 11.5 Å². The predicted molar refractivity (Wildman–Crippen MR) is 138 cm³/mol. The van der Waals surface area contributed by atoms with E-state index in [9.17, 15) is 9.18 Å². The van der Waals surface area contributed by atoms with E-state index in [-0.39, 0.29) is 22.7 Å². The van der Waals surface area contributed by atoms with Crippen molar-refractivity contribution in [1.82, 2.24) is 10.1 Å². The van der Waals surface area contributed by atoms with Crippen LogP contribution in [0.1, 0.15) is 40.4 Å². The number of carbonyl (C=O) groups is 1. The molecule has 2 heterocycles. The maximum absolute atomic E-state index is 14.9. The molecular formula is C27H29FN4O5. The Morgan fingerprint density at radius 2 is 1.68 bits per heavy atom. The first-order valence-electron chi connectivity index (χ1n) is 11.9. The number of anilines is 2. The Morgan fingerprint density at radius 3 is 2.32 bits per heavy atom. The lowest BCUT2D eigenvalue weighted by molar-refractivity contribution is 0.262. The first-order valence-corrected chi connectivity index (χ1v) is 11.9. The summed E-state index contributed by atoms with van der Waals surface area (Å²) >= 11 is 0. The molecular weight excluding hydrogens is 479 g/mol. The van der Waals surface area contributed by atoms with Gasteiger partial charge in [0, 0.05) is 40.9 Å². The number of fused-ring (bicyclic) bond motifs is 1. The zero-order valence-corrected chi connectivity index (χ0v) is 21.3. The van der Waals surface area contributed by atoms with Crippen LogP contribution in [-0.2, 0) is 5.41 Å². The van der Waals surface area contributed by atoms with E-state index in [2.05, 4.69) is 20.8 Å². The zero-order chi connectivity index (χ0) is 26.6. The maximum Gasteiger partial charge on any atom is 0.324 e. The Balaban J connectivity index is 1.50. The number of benzene rings is 2. The number of carbonyl (C=O) groups excluding carboxylic acids is 1. The summed E-state index contributed by atoms with van der Waals surface area (Å²) in [5, 5.41) is 9.62. The average molecular weight is 509 g/mol. The molecule has 0 atom stereocenters. The molecule has 10 heteroatoms. The van der Waals surface area contributed by atoms with Crippen molar-refractivity contribution in [2.24, 2.45) is 0 Å². The fourth-order valence-electron chi connectivity index (χ4n) is 3.50. The van der Waals surface area contributed by atoms with Crippen molar-refractivity contribution < 1.29 is 27.9 Å². The molecule has 9 nitrogen and oxygen atoms in total. The summed E-state index contributed by atoms with van der Waals surface area (Å²) in [5.74, 6) is 1.72. The lowest BCUT2D eigenvalue weighted by Gasteiger charge is -2.14. The van der Waals surface area contributed by atoms with Crippen molar-refractivity contribution >= 4 is 28.4 Å². The first-order chi connectivity index (χ1) is 17.7. The first kappa shape index (κ1) is 25.7. The van der Waals surface area contributed by atoms with Gasteiger partial charge in [0.25, 0.3) is 0 Å². The molecule has 0 fully saturated rings. The minimum absolute atomic E-state index is 0.0170. The summed E-state index contributed by atoms with van der Waals surface area (Å²) in [4.78, 5) is 16.7. The van der Waals surface area contributed by atoms with Crippen LogP contribution < -0.4 is 24.8 Å².